The summed E-state index contributed by atoms with van der Waals surface area (Å²) in [6, 6.07) is 11.5. The second-order valence-electron chi connectivity index (χ2n) is 5.87. The molecule has 1 unspecified atom stereocenters. The number of sulfone groups is 1. The van der Waals surface area contributed by atoms with Gasteiger partial charge in [0.05, 0.1) is 28.6 Å². The Morgan fingerprint density at radius 1 is 0.964 bits per heavy atom. The highest BCUT2D eigenvalue weighted by Gasteiger charge is 2.22. The minimum atomic E-state index is -3.90. The zero-order chi connectivity index (χ0) is 20.7. The Balaban J connectivity index is 2.30. The molecule has 8 heteroatoms. The first-order valence-corrected chi connectivity index (χ1v) is 10.2. The number of ether oxygens (including phenoxy) is 2. The Labute approximate surface area is 163 Å². The molecule has 0 radical (unpaired) electrons. The van der Waals surface area contributed by atoms with Crippen LogP contribution in [0.15, 0.2) is 58.3 Å². The van der Waals surface area contributed by atoms with Gasteiger partial charge in [0, 0.05) is 6.42 Å². The lowest BCUT2D eigenvalue weighted by molar-refractivity contribution is -0.152. The molecule has 0 aliphatic carbocycles. The number of rotatable bonds is 8. The molecule has 0 spiro atoms. The molecule has 0 heterocycles. The maximum Gasteiger partial charge on any atom is 0.338 e. The van der Waals surface area contributed by atoms with E-state index in [2.05, 4.69) is 0 Å². The largest absolute Gasteiger partial charge is 0.464 e. The normalized spacial score (nSPS) is 12.2. The van der Waals surface area contributed by atoms with Crippen LogP contribution in [-0.4, -0.2) is 44.8 Å². The smallest absolute Gasteiger partial charge is 0.338 e. The Morgan fingerprint density at radius 3 is 2.21 bits per heavy atom. The lowest BCUT2D eigenvalue weighted by Crippen LogP contribution is -2.25. The molecule has 0 amide bonds. The number of carbonyl (C=O) groups is 2. The van der Waals surface area contributed by atoms with Crippen molar-refractivity contribution < 1.29 is 32.6 Å². The van der Waals surface area contributed by atoms with Crippen molar-refractivity contribution in [2.45, 2.75) is 36.2 Å². The molecular weight excluding hydrogens is 384 g/mol. The molecular formula is C20H22O7S. The number of aliphatic hydroxyl groups excluding tert-OH is 1. The summed E-state index contributed by atoms with van der Waals surface area (Å²) >= 11 is 0. The summed E-state index contributed by atoms with van der Waals surface area (Å²) in [6.45, 7) is 3.61. The van der Waals surface area contributed by atoms with Crippen molar-refractivity contribution in [3.05, 3.63) is 59.7 Å². The highest BCUT2D eigenvalue weighted by Crippen LogP contribution is 2.23. The first kappa shape index (κ1) is 21.6. The van der Waals surface area contributed by atoms with E-state index in [4.69, 9.17) is 9.47 Å². The van der Waals surface area contributed by atoms with Crippen LogP contribution >= 0.6 is 0 Å². The third kappa shape index (κ3) is 5.17. The molecule has 0 aliphatic heterocycles. The number of aliphatic hydroxyl groups is 1. The second-order valence-corrected chi connectivity index (χ2v) is 7.82. The van der Waals surface area contributed by atoms with Crippen molar-refractivity contribution in [3.63, 3.8) is 0 Å². The summed E-state index contributed by atoms with van der Waals surface area (Å²) in [5, 5.41) is 9.89. The van der Waals surface area contributed by atoms with E-state index in [0.717, 1.165) is 0 Å². The van der Waals surface area contributed by atoms with Gasteiger partial charge in [-0.15, -0.1) is 0 Å². The molecule has 28 heavy (non-hydrogen) atoms. The molecule has 2 rings (SSSR count). The van der Waals surface area contributed by atoms with Crippen LogP contribution in [0.3, 0.4) is 0 Å². The topological polar surface area (TPSA) is 107 Å². The lowest BCUT2D eigenvalue weighted by atomic mass is 10.1. The van der Waals surface area contributed by atoms with Gasteiger partial charge in [-0.2, -0.15) is 0 Å². The van der Waals surface area contributed by atoms with E-state index >= 15 is 0 Å². The molecule has 0 bridgehead atoms. The monoisotopic (exact) mass is 406 g/mol. The Kier molecular flexibility index (Phi) is 7.31. The van der Waals surface area contributed by atoms with Gasteiger partial charge in [0.15, 0.2) is 6.10 Å². The fourth-order valence-corrected chi connectivity index (χ4v) is 3.90. The minimum absolute atomic E-state index is 0.0120. The molecule has 0 saturated heterocycles. The van der Waals surface area contributed by atoms with Crippen LogP contribution in [0.2, 0.25) is 0 Å². The third-order valence-electron chi connectivity index (χ3n) is 3.85. The van der Waals surface area contributed by atoms with Gasteiger partial charge in [-0.25, -0.2) is 18.0 Å². The molecule has 2 aromatic rings. The van der Waals surface area contributed by atoms with E-state index < -0.39 is 27.9 Å². The number of hydrogen-bond acceptors (Lipinski definition) is 7. The molecule has 0 aromatic heterocycles. The summed E-state index contributed by atoms with van der Waals surface area (Å²) in [7, 11) is -3.90. The zero-order valence-corrected chi connectivity index (χ0v) is 16.4. The summed E-state index contributed by atoms with van der Waals surface area (Å²) in [6.07, 6.45) is -1.46. The van der Waals surface area contributed by atoms with Crippen molar-refractivity contribution >= 4 is 21.8 Å². The second kappa shape index (κ2) is 9.48. The Bertz CT molecular complexity index is 951. The van der Waals surface area contributed by atoms with Crippen LogP contribution in [0.1, 0.15) is 29.8 Å². The number of hydrogen-bond donors (Lipinski definition) is 1. The Hall–Kier alpha value is -2.71. The first-order chi connectivity index (χ1) is 13.3. The van der Waals surface area contributed by atoms with Gasteiger partial charge in [0.2, 0.25) is 9.84 Å². The number of esters is 2. The van der Waals surface area contributed by atoms with Crippen molar-refractivity contribution in [1.29, 1.82) is 0 Å². The van der Waals surface area contributed by atoms with Crippen molar-refractivity contribution in [3.8, 4) is 0 Å². The van der Waals surface area contributed by atoms with Crippen molar-refractivity contribution in [2.24, 2.45) is 0 Å². The van der Waals surface area contributed by atoms with Crippen LogP contribution in [-0.2, 0) is 30.5 Å². The van der Waals surface area contributed by atoms with Gasteiger partial charge < -0.3 is 14.6 Å². The van der Waals surface area contributed by atoms with Crippen LogP contribution < -0.4 is 0 Å². The zero-order valence-electron chi connectivity index (χ0n) is 15.6. The summed E-state index contributed by atoms with van der Waals surface area (Å²) in [4.78, 5) is 23.4. The van der Waals surface area contributed by atoms with Crippen molar-refractivity contribution in [2.75, 3.05) is 13.2 Å². The predicted molar refractivity (Wildman–Crippen MR) is 101 cm³/mol. The molecule has 0 fully saturated rings. The van der Waals surface area contributed by atoms with E-state index in [-0.39, 0.29) is 35.0 Å². The van der Waals surface area contributed by atoms with E-state index in [9.17, 15) is 23.1 Å². The summed E-state index contributed by atoms with van der Waals surface area (Å²) in [5.74, 6) is -1.37. The fraction of sp³-hybridized carbons (Fsp3) is 0.300. The van der Waals surface area contributed by atoms with Gasteiger partial charge in [-0.05, 0) is 49.7 Å². The summed E-state index contributed by atoms with van der Waals surface area (Å²) in [5.41, 5.74) is 0.597. The average molecular weight is 406 g/mol. The maximum atomic E-state index is 12.9. The van der Waals surface area contributed by atoms with Crippen LogP contribution in [0, 0.1) is 0 Å². The molecule has 150 valence electrons. The van der Waals surface area contributed by atoms with Gasteiger partial charge in [-0.3, -0.25) is 0 Å². The Morgan fingerprint density at radius 2 is 1.57 bits per heavy atom. The standard InChI is InChI=1S/C20H22O7S/c1-3-26-19(22)15-8-6-10-17(13-15)28(24,25)16-9-5-7-14(11-16)12-18(21)20(23)27-4-2/h5-11,13,18,21H,3-4,12H2,1-2H3. The molecule has 0 aliphatic rings. The highest BCUT2D eigenvalue weighted by atomic mass is 32.2. The average Bonchev–Trinajstić information content (AvgIpc) is 2.68. The van der Waals surface area contributed by atoms with Crippen molar-refractivity contribution in [1.82, 2.24) is 0 Å². The predicted octanol–water partition coefficient (Wildman–Crippen LogP) is 2.16. The SMILES string of the molecule is CCOC(=O)c1cccc(S(=O)(=O)c2cccc(CC(O)C(=O)OCC)c2)c1. The van der Waals surface area contributed by atoms with E-state index in [0.29, 0.717) is 5.56 Å². The quantitative estimate of drug-likeness (QED) is 0.670. The molecule has 0 saturated carbocycles. The molecule has 7 nitrogen and oxygen atoms in total. The molecule has 1 N–H and O–H groups in total. The molecule has 1 atom stereocenters. The van der Waals surface area contributed by atoms with Crippen LogP contribution in [0.5, 0.6) is 0 Å². The highest BCUT2D eigenvalue weighted by molar-refractivity contribution is 7.91. The van der Waals surface area contributed by atoms with Crippen LogP contribution in [0.4, 0.5) is 0 Å². The third-order valence-corrected chi connectivity index (χ3v) is 5.60. The van der Waals surface area contributed by atoms with E-state index in [1.807, 2.05) is 0 Å². The van der Waals surface area contributed by atoms with Gasteiger partial charge >= 0.3 is 11.9 Å². The minimum Gasteiger partial charge on any atom is -0.464 e. The van der Waals surface area contributed by atoms with E-state index in [1.54, 1.807) is 19.9 Å². The van der Waals surface area contributed by atoms with Gasteiger partial charge in [0.1, 0.15) is 0 Å². The van der Waals surface area contributed by atoms with Crippen LogP contribution in [0.25, 0.3) is 0 Å². The summed E-state index contributed by atoms with van der Waals surface area (Å²) < 4.78 is 35.5. The number of benzene rings is 2. The van der Waals surface area contributed by atoms with Gasteiger partial charge in [-0.1, -0.05) is 18.2 Å². The lowest BCUT2D eigenvalue weighted by Gasteiger charge is -2.11. The number of carbonyl (C=O) groups excluding carboxylic acids is 2. The van der Waals surface area contributed by atoms with E-state index in [1.165, 1.54) is 42.5 Å². The maximum absolute atomic E-state index is 12.9. The van der Waals surface area contributed by atoms with Gasteiger partial charge in [0.25, 0.3) is 0 Å². The molecule has 2 aromatic carbocycles. The fourth-order valence-electron chi connectivity index (χ4n) is 2.53. The first-order valence-electron chi connectivity index (χ1n) is 8.75.